The minimum atomic E-state index is -0.171. The lowest BCUT2D eigenvalue weighted by molar-refractivity contribution is 0.0987. The fourth-order valence-electron chi connectivity index (χ4n) is 3.92. The molecular formula is C23H25N3O4S. The van der Waals surface area contributed by atoms with Gasteiger partial charge in [0.15, 0.2) is 16.7 Å². The zero-order valence-electron chi connectivity index (χ0n) is 17.1. The Bertz CT molecular complexity index is 994. The number of thioether (sulfide) groups is 1. The predicted molar refractivity (Wildman–Crippen MR) is 120 cm³/mol. The van der Waals surface area contributed by atoms with Crippen molar-refractivity contribution in [3.8, 4) is 11.5 Å². The third kappa shape index (κ3) is 4.16. The van der Waals surface area contributed by atoms with Crippen molar-refractivity contribution in [1.82, 2.24) is 9.80 Å². The fourth-order valence-corrected chi connectivity index (χ4v) is 4.93. The molecule has 1 atom stereocenters. The summed E-state index contributed by atoms with van der Waals surface area (Å²) in [6.45, 7) is 1.59. The number of hydrogen-bond donors (Lipinski definition) is 2. The molecule has 7 nitrogen and oxygen atoms in total. The number of hydrogen-bond acceptors (Lipinski definition) is 8. The minimum Gasteiger partial charge on any atom is -0.454 e. The molecule has 0 aromatic heterocycles. The van der Waals surface area contributed by atoms with Gasteiger partial charge in [-0.15, -0.1) is 0 Å². The van der Waals surface area contributed by atoms with Gasteiger partial charge in [0.25, 0.3) is 0 Å². The highest BCUT2D eigenvalue weighted by Gasteiger charge is 2.34. The Morgan fingerprint density at radius 2 is 1.87 bits per heavy atom. The standard InChI is InChI=1S/C23H25N3O4S/c27-12-16(13-28)8-9-25-14-26-11-21(17-4-2-1-3-5-17)31-23(26)24-22(25)18-6-7-19-20(10-18)30-15-29-19/h1-7,10-11,16,22,27-28H,8-9,12-15H2. The third-order valence-electron chi connectivity index (χ3n) is 5.73. The lowest BCUT2D eigenvalue weighted by atomic mass is 10.1. The smallest absolute Gasteiger partial charge is 0.231 e. The van der Waals surface area contributed by atoms with Gasteiger partial charge in [-0.3, -0.25) is 4.90 Å². The molecule has 3 aliphatic rings. The number of aliphatic hydroxyl groups is 2. The van der Waals surface area contributed by atoms with Crippen LogP contribution in [-0.2, 0) is 0 Å². The van der Waals surface area contributed by atoms with Crippen molar-refractivity contribution >= 4 is 21.8 Å². The summed E-state index contributed by atoms with van der Waals surface area (Å²) in [5, 5.41) is 20.0. The molecule has 0 saturated heterocycles. The Kier molecular flexibility index (Phi) is 5.87. The van der Waals surface area contributed by atoms with E-state index in [-0.39, 0.29) is 32.1 Å². The molecule has 0 bridgehead atoms. The van der Waals surface area contributed by atoms with E-state index in [9.17, 15) is 10.2 Å². The molecular weight excluding hydrogens is 414 g/mol. The van der Waals surface area contributed by atoms with Crippen LogP contribution in [0, 0.1) is 5.92 Å². The second kappa shape index (κ2) is 8.92. The monoisotopic (exact) mass is 439 g/mol. The van der Waals surface area contributed by atoms with Crippen LogP contribution in [-0.4, -0.2) is 58.4 Å². The average Bonchev–Trinajstić information content (AvgIpc) is 3.45. The Morgan fingerprint density at radius 3 is 2.68 bits per heavy atom. The summed E-state index contributed by atoms with van der Waals surface area (Å²) < 4.78 is 11.0. The van der Waals surface area contributed by atoms with E-state index in [0.29, 0.717) is 19.6 Å². The van der Waals surface area contributed by atoms with Crippen molar-refractivity contribution in [3.63, 3.8) is 0 Å². The van der Waals surface area contributed by atoms with Crippen LogP contribution < -0.4 is 9.47 Å². The molecule has 1 unspecified atom stereocenters. The maximum Gasteiger partial charge on any atom is 0.231 e. The second-order valence-corrected chi connectivity index (χ2v) is 8.81. The molecule has 3 aliphatic heterocycles. The lowest BCUT2D eigenvalue weighted by Crippen LogP contribution is -2.43. The van der Waals surface area contributed by atoms with Crippen LogP contribution >= 0.6 is 11.8 Å². The van der Waals surface area contributed by atoms with E-state index >= 15 is 0 Å². The van der Waals surface area contributed by atoms with Gasteiger partial charge in [0, 0.05) is 36.8 Å². The van der Waals surface area contributed by atoms with Crippen molar-refractivity contribution in [2.75, 3.05) is 33.2 Å². The number of aliphatic hydroxyl groups excluding tert-OH is 2. The Morgan fingerprint density at radius 1 is 1.06 bits per heavy atom. The summed E-state index contributed by atoms with van der Waals surface area (Å²) in [5.74, 6) is 1.36. The first-order chi connectivity index (χ1) is 15.2. The number of fused-ring (bicyclic) bond motifs is 2. The van der Waals surface area contributed by atoms with E-state index in [4.69, 9.17) is 14.5 Å². The molecule has 2 N–H and O–H groups in total. The van der Waals surface area contributed by atoms with Crippen LogP contribution in [0.2, 0.25) is 0 Å². The van der Waals surface area contributed by atoms with Crippen LogP contribution in [0.15, 0.2) is 59.7 Å². The number of aliphatic imine (C=N–C) groups is 1. The summed E-state index contributed by atoms with van der Waals surface area (Å²) in [6, 6.07) is 16.3. The van der Waals surface area contributed by atoms with Gasteiger partial charge in [-0.25, -0.2) is 4.99 Å². The maximum atomic E-state index is 9.50. The topological polar surface area (TPSA) is 77.8 Å². The molecule has 0 spiro atoms. The first kappa shape index (κ1) is 20.4. The first-order valence-corrected chi connectivity index (χ1v) is 11.2. The highest BCUT2D eigenvalue weighted by molar-refractivity contribution is 8.22. The quantitative estimate of drug-likeness (QED) is 0.687. The molecule has 162 valence electrons. The number of nitrogens with zero attached hydrogens (tertiary/aromatic N) is 3. The zero-order chi connectivity index (χ0) is 21.2. The highest BCUT2D eigenvalue weighted by atomic mass is 32.2. The average molecular weight is 440 g/mol. The zero-order valence-corrected chi connectivity index (χ0v) is 17.9. The molecule has 0 aliphatic carbocycles. The highest BCUT2D eigenvalue weighted by Crippen LogP contribution is 2.42. The molecule has 3 heterocycles. The molecule has 0 radical (unpaired) electrons. The molecule has 2 aromatic carbocycles. The Hall–Kier alpha value is -2.52. The van der Waals surface area contributed by atoms with E-state index in [1.165, 1.54) is 10.5 Å². The van der Waals surface area contributed by atoms with Gasteiger partial charge in [-0.1, -0.05) is 36.4 Å². The van der Waals surface area contributed by atoms with Gasteiger partial charge >= 0.3 is 0 Å². The molecule has 0 amide bonds. The van der Waals surface area contributed by atoms with E-state index in [0.717, 1.165) is 22.2 Å². The summed E-state index contributed by atoms with van der Waals surface area (Å²) in [6.07, 6.45) is 2.67. The third-order valence-corrected chi connectivity index (χ3v) is 6.81. The van der Waals surface area contributed by atoms with Gasteiger partial charge in [0.2, 0.25) is 6.79 Å². The van der Waals surface area contributed by atoms with Crippen molar-refractivity contribution < 1.29 is 19.7 Å². The molecule has 0 fully saturated rings. The van der Waals surface area contributed by atoms with Gasteiger partial charge in [0.05, 0.1) is 6.67 Å². The van der Waals surface area contributed by atoms with Crippen LogP contribution in [0.25, 0.3) is 4.91 Å². The van der Waals surface area contributed by atoms with Crippen molar-refractivity contribution in [2.24, 2.45) is 10.9 Å². The van der Waals surface area contributed by atoms with Crippen molar-refractivity contribution in [3.05, 3.63) is 65.9 Å². The SMILES string of the molecule is OCC(CO)CCN1CN2C=C(c3ccccc3)SC2=NC1c1ccc2c(c1)OCO2. The summed E-state index contributed by atoms with van der Waals surface area (Å²) >= 11 is 1.68. The largest absolute Gasteiger partial charge is 0.454 e. The molecule has 5 rings (SSSR count). The van der Waals surface area contributed by atoms with Crippen LogP contribution in [0.3, 0.4) is 0 Å². The number of rotatable bonds is 7. The minimum absolute atomic E-state index is 0.0226. The first-order valence-electron chi connectivity index (χ1n) is 10.4. The van der Waals surface area contributed by atoms with Crippen molar-refractivity contribution in [2.45, 2.75) is 12.6 Å². The second-order valence-electron chi connectivity index (χ2n) is 7.80. The maximum absolute atomic E-state index is 9.50. The Balaban J connectivity index is 1.43. The van der Waals surface area contributed by atoms with Crippen LogP contribution in [0.1, 0.15) is 23.7 Å². The number of amidine groups is 1. The van der Waals surface area contributed by atoms with E-state index in [1.807, 2.05) is 36.4 Å². The fraction of sp³-hybridized carbons (Fsp3) is 0.348. The van der Waals surface area contributed by atoms with E-state index < -0.39 is 0 Å². The molecule has 0 saturated carbocycles. The number of ether oxygens (including phenoxy) is 2. The summed E-state index contributed by atoms with van der Waals surface area (Å²) in [4.78, 5) is 10.7. The molecule has 8 heteroatoms. The van der Waals surface area contributed by atoms with Crippen LogP contribution in [0.4, 0.5) is 0 Å². The van der Waals surface area contributed by atoms with Gasteiger partial charge in [0.1, 0.15) is 6.17 Å². The van der Waals surface area contributed by atoms with Gasteiger partial charge < -0.3 is 24.6 Å². The van der Waals surface area contributed by atoms with E-state index in [1.54, 1.807) is 11.8 Å². The summed E-state index contributed by atoms with van der Waals surface area (Å²) in [5.41, 5.74) is 2.21. The Labute approximate surface area is 185 Å². The number of benzene rings is 2. The van der Waals surface area contributed by atoms with E-state index in [2.05, 4.69) is 28.1 Å². The predicted octanol–water partition coefficient (Wildman–Crippen LogP) is 3.08. The van der Waals surface area contributed by atoms with Gasteiger partial charge in [-0.05, 0) is 41.4 Å². The summed E-state index contributed by atoms with van der Waals surface area (Å²) in [7, 11) is 0. The van der Waals surface area contributed by atoms with Crippen LogP contribution in [0.5, 0.6) is 11.5 Å². The lowest BCUT2D eigenvalue weighted by Gasteiger charge is -2.37. The molecule has 31 heavy (non-hydrogen) atoms. The normalized spacial score (nSPS) is 20.1. The van der Waals surface area contributed by atoms with Crippen molar-refractivity contribution in [1.29, 1.82) is 0 Å². The molecule has 2 aromatic rings. The van der Waals surface area contributed by atoms with Gasteiger partial charge in [-0.2, -0.15) is 0 Å².